The second kappa shape index (κ2) is 5.93. The zero-order valence-corrected chi connectivity index (χ0v) is 12.2. The number of esters is 1. The molecule has 0 radical (unpaired) electrons. The molecule has 1 aromatic carbocycles. The van der Waals surface area contributed by atoms with Crippen molar-refractivity contribution in [2.75, 3.05) is 0 Å². The summed E-state index contributed by atoms with van der Waals surface area (Å²) in [5.41, 5.74) is 0.217. The van der Waals surface area contributed by atoms with E-state index in [-0.39, 0.29) is 16.6 Å². The summed E-state index contributed by atoms with van der Waals surface area (Å²) in [7, 11) is -3.81. The first-order valence-corrected chi connectivity index (χ1v) is 8.26. The molecule has 5 nitrogen and oxygen atoms in total. The van der Waals surface area contributed by atoms with E-state index < -0.39 is 16.0 Å². The predicted molar refractivity (Wildman–Crippen MR) is 74.7 cm³/mol. The van der Waals surface area contributed by atoms with Crippen molar-refractivity contribution in [1.82, 2.24) is 0 Å². The molecule has 1 aliphatic rings. The minimum atomic E-state index is -3.81. The Bertz CT molecular complexity index is 597. The second-order valence-electron chi connectivity index (χ2n) is 5.28. The molecular weight excluding hydrogens is 278 g/mol. The normalized spacial score (nSPS) is 23.3. The lowest BCUT2D eigenvalue weighted by molar-refractivity contribution is 0.00479. The van der Waals surface area contributed by atoms with Crippen LogP contribution in [-0.2, 0) is 14.8 Å². The van der Waals surface area contributed by atoms with Crippen LogP contribution in [0.1, 0.15) is 43.0 Å². The molecule has 110 valence electrons. The number of carbonyl (C=O) groups is 1. The first-order chi connectivity index (χ1) is 9.38. The highest BCUT2D eigenvalue weighted by atomic mass is 32.2. The Morgan fingerprint density at radius 1 is 1.30 bits per heavy atom. The molecule has 0 aromatic heterocycles. The first-order valence-electron chi connectivity index (χ1n) is 6.72. The van der Waals surface area contributed by atoms with Crippen LogP contribution in [0.25, 0.3) is 0 Å². The van der Waals surface area contributed by atoms with Crippen molar-refractivity contribution >= 4 is 16.0 Å². The van der Waals surface area contributed by atoms with Gasteiger partial charge in [0.1, 0.15) is 6.10 Å². The summed E-state index contributed by atoms with van der Waals surface area (Å²) in [4.78, 5) is 12.0. The molecule has 1 aliphatic carbocycles. The van der Waals surface area contributed by atoms with Gasteiger partial charge in [-0.25, -0.2) is 18.4 Å². The molecule has 2 N–H and O–H groups in total. The maximum absolute atomic E-state index is 12.1. The number of sulfonamides is 1. The van der Waals surface area contributed by atoms with Crippen LogP contribution >= 0.6 is 0 Å². The van der Waals surface area contributed by atoms with Crippen molar-refractivity contribution in [3.05, 3.63) is 29.8 Å². The van der Waals surface area contributed by atoms with Gasteiger partial charge in [-0.15, -0.1) is 0 Å². The molecule has 0 aliphatic heterocycles. The topological polar surface area (TPSA) is 86.5 Å². The number of rotatable bonds is 3. The largest absolute Gasteiger partial charge is 0.459 e. The van der Waals surface area contributed by atoms with E-state index in [0.29, 0.717) is 5.92 Å². The highest BCUT2D eigenvalue weighted by molar-refractivity contribution is 7.89. The summed E-state index contributed by atoms with van der Waals surface area (Å²) >= 11 is 0. The van der Waals surface area contributed by atoms with Crippen molar-refractivity contribution in [2.24, 2.45) is 11.1 Å². The molecule has 2 atom stereocenters. The summed E-state index contributed by atoms with van der Waals surface area (Å²) < 4.78 is 28.0. The summed E-state index contributed by atoms with van der Waals surface area (Å²) in [5, 5.41) is 5.05. The second-order valence-corrected chi connectivity index (χ2v) is 6.84. The first kappa shape index (κ1) is 15.0. The molecule has 2 rings (SSSR count). The van der Waals surface area contributed by atoms with Crippen LogP contribution in [0.15, 0.2) is 29.2 Å². The van der Waals surface area contributed by atoms with Gasteiger partial charge in [0.05, 0.1) is 10.5 Å². The maximum atomic E-state index is 12.1. The van der Waals surface area contributed by atoms with Gasteiger partial charge in [-0.05, 0) is 43.4 Å². The summed E-state index contributed by atoms with van der Waals surface area (Å²) in [5.74, 6) is -0.150. The lowest BCUT2D eigenvalue weighted by Gasteiger charge is -2.28. The number of hydrogen-bond donors (Lipinski definition) is 1. The van der Waals surface area contributed by atoms with Crippen LogP contribution in [-0.4, -0.2) is 20.5 Å². The van der Waals surface area contributed by atoms with Gasteiger partial charge in [0.25, 0.3) is 0 Å². The Morgan fingerprint density at radius 2 is 2.00 bits per heavy atom. The zero-order valence-electron chi connectivity index (χ0n) is 11.4. The number of carbonyl (C=O) groups excluding carboxylic acids is 1. The van der Waals surface area contributed by atoms with Crippen LogP contribution in [0.5, 0.6) is 0 Å². The van der Waals surface area contributed by atoms with Crippen LogP contribution in [0.3, 0.4) is 0 Å². The molecule has 1 aromatic rings. The van der Waals surface area contributed by atoms with E-state index >= 15 is 0 Å². The predicted octanol–water partition coefficient (Wildman–Crippen LogP) is 2.07. The van der Waals surface area contributed by atoms with Gasteiger partial charge in [-0.2, -0.15) is 0 Å². The van der Waals surface area contributed by atoms with Gasteiger partial charge in [-0.1, -0.05) is 19.4 Å². The molecule has 0 spiro atoms. The molecule has 6 heteroatoms. The zero-order chi connectivity index (χ0) is 14.8. The van der Waals surface area contributed by atoms with Crippen LogP contribution in [0.4, 0.5) is 0 Å². The number of primary sulfonamides is 1. The fourth-order valence-corrected chi connectivity index (χ4v) is 3.02. The van der Waals surface area contributed by atoms with Gasteiger partial charge in [0, 0.05) is 0 Å². The highest BCUT2D eigenvalue weighted by Crippen LogP contribution is 2.27. The Balaban J connectivity index is 2.13. The van der Waals surface area contributed by atoms with Gasteiger partial charge >= 0.3 is 5.97 Å². The van der Waals surface area contributed by atoms with Crippen molar-refractivity contribution in [2.45, 2.75) is 43.6 Å². The van der Waals surface area contributed by atoms with Gasteiger partial charge in [0.2, 0.25) is 10.0 Å². The average molecular weight is 297 g/mol. The third-order valence-corrected chi connectivity index (χ3v) is 4.60. The monoisotopic (exact) mass is 297 g/mol. The quantitative estimate of drug-likeness (QED) is 0.865. The number of nitrogens with two attached hydrogens (primary N) is 1. The Kier molecular flexibility index (Phi) is 4.45. The minimum absolute atomic E-state index is 0.0800. The van der Waals surface area contributed by atoms with Crippen molar-refractivity contribution in [1.29, 1.82) is 0 Å². The minimum Gasteiger partial charge on any atom is -0.459 e. The lowest BCUT2D eigenvalue weighted by atomic mass is 9.88. The van der Waals surface area contributed by atoms with Gasteiger partial charge in [-0.3, -0.25) is 0 Å². The number of benzene rings is 1. The average Bonchev–Trinajstić information content (AvgIpc) is 2.40. The van der Waals surface area contributed by atoms with E-state index in [1.54, 1.807) is 0 Å². The molecule has 20 heavy (non-hydrogen) atoms. The standard InChI is InChI=1S/C14H19NO4S/c1-10-5-2-3-8-13(10)19-14(16)11-6-4-7-12(9-11)20(15,17)18/h4,6-7,9-10,13H,2-3,5,8H2,1H3,(H2,15,17,18). The van der Waals surface area contributed by atoms with E-state index in [1.165, 1.54) is 24.3 Å². The van der Waals surface area contributed by atoms with Crippen molar-refractivity contribution in [3.63, 3.8) is 0 Å². The molecule has 0 heterocycles. The molecule has 0 saturated heterocycles. The van der Waals surface area contributed by atoms with E-state index in [0.717, 1.165) is 25.7 Å². The third kappa shape index (κ3) is 3.58. The van der Waals surface area contributed by atoms with E-state index in [4.69, 9.17) is 9.88 Å². The van der Waals surface area contributed by atoms with Gasteiger partial charge in [0.15, 0.2) is 0 Å². The summed E-state index contributed by atoms with van der Waals surface area (Å²) in [6.45, 7) is 2.07. The molecule has 0 bridgehead atoms. The summed E-state index contributed by atoms with van der Waals surface area (Å²) in [6.07, 6.45) is 4.04. The number of ether oxygens (including phenoxy) is 1. The molecule has 1 saturated carbocycles. The van der Waals surface area contributed by atoms with E-state index in [2.05, 4.69) is 6.92 Å². The smallest absolute Gasteiger partial charge is 0.338 e. The van der Waals surface area contributed by atoms with E-state index in [1.807, 2.05) is 0 Å². The van der Waals surface area contributed by atoms with Crippen LogP contribution < -0.4 is 5.14 Å². The summed E-state index contributed by atoms with van der Waals surface area (Å²) in [6, 6.07) is 5.63. The maximum Gasteiger partial charge on any atom is 0.338 e. The molecule has 0 amide bonds. The Morgan fingerprint density at radius 3 is 2.65 bits per heavy atom. The molecule has 2 unspecified atom stereocenters. The SMILES string of the molecule is CC1CCCCC1OC(=O)c1cccc(S(N)(=O)=O)c1. The van der Waals surface area contributed by atoms with Crippen LogP contribution in [0.2, 0.25) is 0 Å². The van der Waals surface area contributed by atoms with Gasteiger partial charge < -0.3 is 4.74 Å². The van der Waals surface area contributed by atoms with Crippen LogP contribution in [0, 0.1) is 5.92 Å². The Hall–Kier alpha value is -1.40. The molecular formula is C14H19NO4S. The highest BCUT2D eigenvalue weighted by Gasteiger charge is 2.25. The fraction of sp³-hybridized carbons (Fsp3) is 0.500. The Labute approximate surface area is 119 Å². The van der Waals surface area contributed by atoms with E-state index in [9.17, 15) is 13.2 Å². The van der Waals surface area contributed by atoms with Crippen molar-refractivity contribution < 1.29 is 17.9 Å². The lowest BCUT2D eigenvalue weighted by Crippen LogP contribution is -2.28. The fourth-order valence-electron chi connectivity index (χ4n) is 2.46. The molecule has 1 fully saturated rings. The third-order valence-electron chi connectivity index (χ3n) is 3.69. The number of hydrogen-bond acceptors (Lipinski definition) is 4. The van der Waals surface area contributed by atoms with Crippen molar-refractivity contribution in [3.8, 4) is 0 Å².